The maximum Gasteiger partial charge on any atom is 0.0266 e. The molecule has 0 aliphatic carbocycles. The topological polar surface area (TPSA) is 77.3 Å². The van der Waals surface area contributed by atoms with E-state index in [-0.39, 0.29) is 101 Å². The van der Waals surface area contributed by atoms with Crippen LogP contribution in [-0.2, 0) is 107 Å². The van der Waals surface area contributed by atoms with Gasteiger partial charge in [0, 0.05) is 137 Å². The van der Waals surface area contributed by atoms with E-state index in [1.807, 2.05) is 245 Å². The molecular formula is C79H66Ir5N6-6. The van der Waals surface area contributed by atoms with Gasteiger partial charge in [-0.1, -0.05) is 110 Å². The third kappa shape index (κ3) is 26.6. The molecule has 463 valence electrons. The molecule has 13 rings (SSSR count). The van der Waals surface area contributed by atoms with Crippen LogP contribution < -0.4 is 0 Å². The first-order valence-electron chi connectivity index (χ1n) is 28.2. The largest absolute Gasteiger partial charge is 0.305 e. The van der Waals surface area contributed by atoms with E-state index in [9.17, 15) is 0 Å². The van der Waals surface area contributed by atoms with Crippen molar-refractivity contribution in [2.45, 2.75) is 41.0 Å². The second-order valence-electron chi connectivity index (χ2n) is 19.9. The molecule has 0 unspecified atom stereocenters. The number of benzene rings is 7. The minimum atomic E-state index is 0. The molecule has 5 radical (unpaired) electrons. The number of nitrogens with zero attached hydrogens (tertiary/aromatic N) is 6. The molecule has 0 aliphatic heterocycles. The summed E-state index contributed by atoms with van der Waals surface area (Å²) < 4.78 is 0. The summed E-state index contributed by atoms with van der Waals surface area (Å²) in [6, 6.07) is 105. The zero-order chi connectivity index (χ0) is 59.1. The summed E-state index contributed by atoms with van der Waals surface area (Å²) in [4.78, 5) is 25.8. The number of aryl methyl sites for hydroxylation is 3. The van der Waals surface area contributed by atoms with Gasteiger partial charge in [-0.25, -0.2) is 0 Å². The normalized spacial score (nSPS) is 9.53. The maximum absolute atomic E-state index is 4.41. The van der Waals surface area contributed by atoms with Crippen molar-refractivity contribution in [3.63, 3.8) is 0 Å². The number of hydrogen-bond acceptors (Lipinski definition) is 6. The van der Waals surface area contributed by atoms with E-state index in [2.05, 4.69) is 136 Å². The van der Waals surface area contributed by atoms with Crippen molar-refractivity contribution in [3.05, 3.63) is 351 Å². The molecule has 0 N–H and O–H groups in total. The summed E-state index contributed by atoms with van der Waals surface area (Å²) in [7, 11) is 0. The van der Waals surface area contributed by atoms with Crippen LogP contribution in [-0.4, -0.2) is 29.9 Å². The van der Waals surface area contributed by atoms with E-state index < -0.39 is 0 Å². The van der Waals surface area contributed by atoms with Crippen molar-refractivity contribution in [2.24, 2.45) is 5.92 Å². The Morgan fingerprint density at radius 3 is 1.11 bits per heavy atom. The predicted octanol–water partition coefficient (Wildman–Crippen LogP) is 19.1. The Labute approximate surface area is 600 Å². The van der Waals surface area contributed by atoms with Gasteiger partial charge in [0.2, 0.25) is 0 Å². The zero-order valence-electron chi connectivity index (χ0n) is 50.3. The minimum Gasteiger partial charge on any atom is -0.305 e. The fraction of sp³-hybridized carbons (Fsp3) is 0.0886. The summed E-state index contributed by atoms with van der Waals surface area (Å²) in [5.41, 5.74) is 19.4. The van der Waals surface area contributed by atoms with Gasteiger partial charge in [-0.05, 0) is 114 Å². The molecule has 0 atom stereocenters. The first-order valence-corrected chi connectivity index (χ1v) is 28.2. The van der Waals surface area contributed by atoms with E-state index >= 15 is 0 Å². The first-order chi connectivity index (χ1) is 41.7. The fourth-order valence-electron chi connectivity index (χ4n) is 8.43. The molecule has 0 aliphatic rings. The molecule has 7 aromatic carbocycles. The average Bonchev–Trinajstić information content (AvgIpc) is 3.77. The van der Waals surface area contributed by atoms with E-state index in [0.717, 1.165) is 79.7 Å². The molecule has 11 heteroatoms. The van der Waals surface area contributed by atoms with Crippen LogP contribution in [0.3, 0.4) is 0 Å². The summed E-state index contributed by atoms with van der Waals surface area (Å²) in [6.07, 6.45) is 10.2. The van der Waals surface area contributed by atoms with Gasteiger partial charge in [-0.2, -0.15) is 0 Å². The Balaban J connectivity index is 0.000000283. The monoisotopic (exact) mass is 2060 g/mol. The molecule has 0 fully saturated rings. The summed E-state index contributed by atoms with van der Waals surface area (Å²) in [5.74, 6) is 0.688. The molecule has 0 spiro atoms. The van der Waals surface area contributed by atoms with Gasteiger partial charge in [-0.3, -0.25) is 0 Å². The van der Waals surface area contributed by atoms with Gasteiger partial charge >= 0.3 is 0 Å². The van der Waals surface area contributed by atoms with Crippen LogP contribution in [0.15, 0.2) is 292 Å². The third-order valence-electron chi connectivity index (χ3n) is 12.6. The fourth-order valence-corrected chi connectivity index (χ4v) is 8.43. The molecule has 6 heterocycles. The second-order valence-corrected chi connectivity index (χ2v) is 19.9. The Morgan fingerprint density at radius 1 is 0.300 bits per heavy atom. The van der Waals surface area contributed by atoms with E-state index in [0.29, 0.717) is 5.92 Å². The van der Waals surface area contributed by atoms with Crippen molar-refractivity contribution in [1.82, 2.24) is 29.9 Å². The molecule has 0 saturated carbocycles. The SMILES string of the molecule is CC(C)Cc1ccc(-c2cc[c-]c(-c3ccccn3)c2)cc1.Cc1ccc(-c2[c-]cccc2)nc1.Cc1cccc(-c2[c-]cccc2)n1.Cc1ccnc(-c2[c-]cccc2)c1.[Ir].[Ir].[Ir].[Ir].[Ir].[c-]1ccccc1-c1ccccn1.[c-]1ccccc1-c1ccccn1. The molecule has 6 nitrogen and oxygen atoms in total. The van der Waals surface area contributed by atoms with E-state index in [1.165, 1.54) is 27.8 Å². The van der Waals surface area contributed by atoms with Gasteiger partial charge < -0.3 is 29.9 Å². The Hall–Kier alpha value is -7.31. The van der Waals surface area contributed by atoms with Crippen LogP contribution in [0.25, 0.3) is 78.7 Å². The van der Waals surface area contributed by atoms with Gasteiger partial charge in [0.15, 0.2) is 0 Å². The Bertz CT molecular complexity index is 3710. The molecule has 13 aromatic rings. The second kappa shape index (κ2) is 43.4. The van der Waals surface area contributed by atoms with Crippen LogP contribution in [0.2, 0.25) is 0 Å². The van der Waals surface area contributed by atoms with Crippen LogP contribution in [0.5, 0.6) is 0 Å². The zero-order valence-corrected chi connectivity index (χ0v) is 62.3. The van der Waals surface area contributed by atoms with Crippen molar-refractivity contribution in [3.8, 4) is 78.7 Å². The molecule has 0 amide bonds. The smallest absolute Gasteiger partial charge is 0.0266 e. The number of pyridine rings is 6. The van der Waals surface area contributed by atoms with Crippen molar-refractivity contribution in [1.29, 1.82) is 0 Å². The summed E-state index contributed by atoms with van der Waals surface area (Å²) in [6.45, 7) is 10.6. The Morgan fingerprint density at radius 2 is 0.711 bits per heavy atom. The molecule has 90 heavy (non-hydrogen) atoms. The number of rotatable bonds is 9. The third-order valence-corrected chi connectivity index (χ3v) is 12.6. The molecule has 6 aromatic heterocycles. The van der Waals surface area contributed by atoms with Crippen molar-refractivity contribution < 1.29 is 101 Å². The maximum atomic E-state index is 4.41. The van der Waals surface area contributed by atoms with E-state index in [1.54, 1.807) is 12.4 Å². The van der Waals surface area contributed by atoms with Crippen LogP contribution in [0.4, 0.5) is 0 Å². The van der Waals surface area contributed by atoms with Gasteiger partial charge in [0.25, 0.3) is 0 Å². The van der Waals surface area contributed by atoms with E-state index in [4.69, 9.17) is 0 Å². The number of aromatic nitrogens is 6. The summed E-state index contributed by atoms with van der Waals surface area (Å²) in [5, 5.41) is 0. The van der Waals surface area contributed by atoms with Crippen LogP contribution in [0.1, 0.15) is 36.2 Å². The summed E-state index contributed by atoms with van der Waals surface area (Å²) >= 11 is 0. The van der Waals surface area contributed by atoms with Crippen molar-refractivity contribution in [2.75, 3.05) is 0 Å². The van der Waals surface area contributed by atoms with Crippen LogP contribution in [0, 0.1) is 63.1 Å². The van der Waals surface area contributed by atoms with Gasteiger partial charge in [0.05, 0.1) is 0 Å². The molecule has 0 saturated heterocycles. The Kier molecular flexibility index (Phi) is 37.1. The quantitative estimate of drug-likeness (QED) is 0.134. The predicted molar refractivity (Wildman–Crippen MR) is 349 cm³/mol. The molecular weight excluding hydrogens is 1990 g/mol. The van der Waals surface area contributed by atoms with Gasteiger partial charge in [0.1, 0.15) is 0 Å². The molecule has 0 bridgehead atoms. The number of hydrogen-bond donors (Lipinski definition) is 0. The van der Waals surface area contributed by atoms with Gasteiger partial charge in [-0.15, -0.1) is 215 Å². The minimum absolute atomic E-state index is 0. The average molecular weight is 2060 g/mol. The van der Waals surface area contributed by atoms with Crippen LogP contribution >= 0.6 is 0 Å². The van der Waals surface area contributed by atoms with Crippen molar-refractivity contribution >= 4 is 0 Å². The first kappa shape index (κ1) is 76.9. The standard InChI is InChI=1S/C21H20N.3C12H10N.2C11H8N.5Ir/c1-16(2)14-17-9-11-18(12-10-17)19-6-5-7-20(15-19)21-8-3-4-13-22-21;1-10-6-5-9-12(13-10)11-7-3-2-4-8-11;1-10-7-8-13-12(9-10)11-5-3-2-4-6-11;1-10-7-8-12(13-9-10)11-5-3-2-4-6-11;2*1-2-6-10(7-3-1)11-8-4-5-9-12-11;;;;;/h3-6,8-13,15-16H,14H2,1-2H3;2-7,9H,1H3;2*2-5,7-9H,1H3;2*1-6,8-9H;;;;;/q6*-1;;;;;.